The van der Waals surface area contributed by atoms with Gasteiger partial charge in [-0.3, -0.25) is 9.79 Å². The van der Waals surface area contributed by atoms with Crippen molar-refractivity contribution in [3.63, 3.8) is 0 Å². The van der Waals surface area contributed by atoms with Gasteiger partial charge in [-0.2, -0.15) is 0 Å². The number of nitrogens with one attached hydrogen (secondary N) is 3. The van der Waals surface area contributed by atoms with Crippen molar-refractivity contribution in [3.05, 3.63) is 65.5 Å². The van der Waals surface area contributed by atoms with E-state index < -0.39 is 0 Å². The summed E-state index contributed by atoms with van der Waals surface area (Å²) in [5, 5.41) is 9.22. The highest BCUT2D eigenvalue weighted by molar-refractivity contribution is 5.88. The van der Waals surface area contributed by atoms with Gasteiger partial charge in [-0.1, -0.05) is 24.3 Å². The molecule has 0 spiro atoms. The molecular formula is C19H23FN4O. The van der Waals surface area contributed by atoms with E-state index in [1.807, 2.05) is 24.3 Å². The number of aliphatic imine (C=N–C) groups is 1. The zero-order valence-corrected chi connectivity index (χ0v) is 14.5. The fourth-order valence-corrected chi connectivity index (χ4v) is 2.35. The van der Waals surface area contributed by atoms with Crippen LogP contribution in [-0.4, -0.2) is 25.5 Å². The van der Waals surface area contributed by atoms with Gasteiger partial charge in [0.1, 0.15) is 5.82 Å². The van der Waals surface area contributed by atoms with Crippen LogP contribution >= 0.6 is 0 Å². The van der Waals surface area contributed by atoms with Gasteiger partial charge in [0.25, 0.3) is 0 Å². The van der Waals surface area contributed by atoms with Crippen LogP contribution in [0.2, 0.25) is 0 Å². The van der Waals surface area contributed by atoms with E-state index in [-0.39, 0.29) is 11.7 Å². The average molecular weight is 342 g/mol. The van der Waals surface area contributed by atoms with E-state index in [4.69, 9.17) is 0 Å². The Hall–Kier alpha value is -2.89. The lowest BCUT2D eigenvalue weighted by Crippen LogP contribution is -2.37. The number of hydrogen-bond acceptors (Lipinski definition) is 2. The van der Waals surface area contributed by atoms with Crippen molar-refractivity contribution in [2.45, 2.75) is 19.9 Å². The highest BCUT2D eigenvalue weighted by atomic mass is 19.1. The van der Waals surface area contributed by atoms with Crippen LogP contribution in [0.5, 0.6) is 0 Å². The Morgan fingerprint density at radius 2 is 1.84 bits per heavy atom. The van der Waals surface area contributed by atoms with Gasteiger partial charge in [-0.25, -0.2) is 4.39 Å². The molecule has 2 aromatic carbocycles. The number of guanidine groups is 1. The Balaban J connectivity index is 1.80. The van der Waals surface area contributed by atoms with Gasteiger partial charge in [0.15, 0.2) is 5.96 Å². The summed E-state index contributed by atoms with van der Waals surface area (Å²) in [6, 6.07) is 14.1. The van der Waals surface area contributed by atoms with E-state index in [0.717, 1.165) is 23.2 Å². The van der Waals surface area contributed by atoms with Crippen molar-refractivity contribution in [3.8, 4) is 0 Å². The summed E-state index contributed by atoms with van der Waals surface area (Å²) >= 11 is 0. The molecule has 6 heteroatoms. The highest BCUT2D eigenvalue weighted by Gasteiger charge is 2.01. The Morgan fingerprint density at radius 3 is 2.52 bits per heavy atom. The molecule has 0 saturated carbocycles. The summed E-state index contributed by atoms with van der Waals surface area (Å²) in [6.45, 7) is 2.76. The molecule has 3 N–H and O–H groups in total. The molecule has 0 fully saturated rings. The number of anilines is 1. The lowest BCUT2D eigenvalue weighted by molar-refractivity contribution is -0.114. The van der Waals surface area contributed by atoms with Gasteiger partial charge in [0.05, 0.1) is 0 Å². The largest absolute Gasteiger partial charge is 0.356 e. The fourth-order valence-electron chi connectivity index (χ4n) is 2.35. The van der Waals surface area contributed by atoms with Crippen LogP contribution in [0.15, 0.2) is 53.5 Å². The van der Waals surface area contributed by atoms with Crippen molar-refractivity contribution in [1.29, 1.82) is 0 Å². The van der Waals surface area contributed by atoms with Crippen LogP contribution in [-0.2, 0) is 17.8 Å². The van der Waals surface area contributed by atoms with Gasteiger partial charge in [0.2, 0.25) is 5.91 Å². The Labute approximate surface area is 147 Å². The molecule has 5 nitrogen and oxygen atoms in total. The molecule has 2 rings (SSSR count). The number of nitrogens with zero attached hydrogens (tertiary/aromatic N) is 1. The molecule has 0 atom stereocenters. The SMILES string of the molecule is CN=C(NCCc1ccc(F)cc1)NCc1cccc(NC(C)=O)c1. The van der Waals surface area contributed by atoms with Crippen molar-refractivity contribution in [2.24, 2.45) is 4.99 Å². The maximum Gasteiger partial charge on any atom is 0.221 e. The average Bonchev–Trinajstić information content (AvgIpc) is 2.59. The molecule has 132 valence electrons. The van der Waals surface area contributed by atoms with Gasteiger partial charge < -0.3 is 16.0 Å². The minimum Gasteiger partial charge on any atom is -0.356 e. The lowest BCUT2D eigenvalue weighted by Gasteiger charge is -2.12. The molecule has 0 aromatic heterocycles. The predicted octanol–water partition coefficient (Wildman–Crippen LogP) is 2.69. The van der Waals surface area contributed by atoms with Crippen molar-refractivity contribution in [2.75, 3.05) is 18.9 Å². The van der Waals surface area contributed by atoms with E-state index in [0.29, 0.717) is 19.0 Å². The van der Waals surface area contributed by atoms with Gasteiger partial charge >= 0.3 is 0 Å². The van der Waals surface area contributed by atoms with Crippen LogP contribution in [0.3, 0.4) is 0 Å². The van der Waals surface area contributed by atoms with E-state index >= 15 is 0 Å². The Morgan fingerprint density at radius 1 is 1.08 bits per heavy atom. The molecule has 0 heterocycles. The number of carbonyl (C=O) groups is 1. The smallest absolute Gasteiger partial charge is 0.221 e. The van der Waals surface area contributed by atoms with E-state index in [1.54, 1.807) is 19.2 Å². The third-order valence-corrected chi connectivity index (χ3v) is 3.55. The highest BCUT2D eigenvalue weighted by Crippen LogP contribution is 2.10. The van der Waals surface area contributed by atoms with Crippen LogP contribution in [0.1, 0.15) is 18.1 Å². The summed E-state index contributed by atoms with van der Waals surface area (Å²) in [4.78, 5) is 15.3. The molecule has 0 aliphatic heterocycles. The van der Waals surface area contributed by atoms with Gasteiger partial charge in [0, 0.05) is 32.7 Å². The first-order chi connectivity index (χ1) is 12.1. The molecule has 0 bridgehead atoms. The summed E-state index contributed by atoms with van der Waals surface area (Å²) in [6.07, 6.45) is 0.777. The van der Waals surface area contributed by atoms with Crippen LogP contribution in [0, 0.1) is 5.82 Å². The quantitative estimate of drug-likeness (QED) is 0.559. The zero-order valence-electron chi connectivity index (χ0n) is 14.5. The third-order valence-electron chi connectivity index (χ3n) is 3.55. The summed E-state index contributed by atoms with van der Waals surface area (Å²) in [5.41, 5.74) is 2.87. The Kier molecular flexibility index (Phi) is 6.95. The van der Waals surface area contributed by atoms with Crippen LogP contribution < -0.4 is 16.0 Å². The number of amides is 1. The number of benzene rings is 2. The lowest BCUT2D eigenvalue weighted by atomic mass is 10.1. The number of rotatable bonds is 6. The number of carbonyl (C=O) groups excluding carboxylic acids is 1. The van der Waals surface area contributed by atoms with E-state index in [1.165, 1.54) is 19.1 Å². The minimum atomic E-state index is -0.226. The minimum absolute atomic E-state index is 0.0941. The first-order valence-electron chi connectivity index (χ1n) is 8.12. The van der Waals surface area contributed by atoms with Crippen molar-refractivity contribution < 1.29 is 9.18 Å². The fraction of sp³-hybridized carbons (Fsp3) is 0.263. The molecule has 0 aliphatic rings. The predicted molar refractivity (Wildman–Crippen MR) is 99.1 cm³/mol. The molecular weight excluding hydrogens is 319 g/mol. The van der Waals surface area contributed by atoms with Crippen molar-refractivity contribution in [1.82, 2.24) is 10.6 Å². The molecule has 0 aliphatic carbocycles. The molecule has 25 heavy (non-hydrogen) atoms. The number of hydrogen-bond donors (Lipinski definition) is 3. The normalized spacial score (nSPS) is 11.1. The van der Waals surface area contributed by atoms with E-state index in [2.05, 4.69) is 20.9 Å². The van der Waals surface area contributed by atoms with Crippen LogP contribution in [0.25, 0.3) is 0 Å². The molecule has 0 radical (unpaired) electrons. The van der Waals surface area contributed by atoms with Crippen molar-refractivity contribution >= 4 is 17.6 Å². The summed E-state index contributed by atoms with van der Waals surface area (Å²) in [7, 11) is 1.71. The van der Waals surface area contributed by atoms with Gasteiger partial charge in [-0.15, -0.1) is 0 Å². The maximum atomic E-state index is 12.9. The standard InChI is InChI=1S/C19H23FN4O/c1-14(25)24-18-5-3-4-16(12-18)13-23-19(21-2)22-11-10-15-6-8-17(20)9-7-15/h3-9,12H,10-11,13H2,1-2H3,(H,24,25)(H2,21,22,23). The monoisotopic (exact) mass is 342 g/mol. The summed E-state index contributed by atoms with van der Waals surface area (Å²) < 4.78 is 12.9. The maximum absolute atomic E-state index is 12.9. The zero-order chi connectivity index (χ0) is 18.1. The molecule has 0 saturated heterocycles. The van der Waals surface area contributed by atoms with E-state index in [9.17, 15) is 9.18 Å². The summed E-state index contributed by atoms with van der Waals surface area (Å²) in [5.74, 6) is 0.367. The Bertz CT molecular complexity index is 728. The second-order valence-corrected chi connectivity index (χ2v) is 5.61. The second kappa shape index (κ2) is 9.42. The molecule has 1 amide bonds. The third kappa shape index (κ3) is 6.63. The number of halogens is 1. The first kappa shape index (κ1) is 18.4. The second-order valence-electron chi connectivity index (χ2n) is 5.61. The molecule has 2 aromatic rings. The first-order valence-corrected chi connectivity index (χ1v) is 8.12. The van der Waals surface area contributed by atoms with Crippen LogP contribution in [0.4, 0.5) is 10.1 Å². The molecule has 0 unspecified atom stereocenters. The van der Waals surface area contributed by atoms with Gasteiger partial charge in [-0.05, 0) is 41.8 Å². The topological polar surface area (TPSA) is 65.5 Å².